The van der Waals surface area contributed by atoms with Crippen LogP contribution in [0.25, 0.3) is 5.57 Å². The molecule has 0 bridgehead atoms. The average Bonchev–Trinajstić information content (AvgIpc) is 2.91. The molecule has 2 aromatic rings. The van der Waals surface area contributed by atoms with Gasteiger partial charge in [-0.3, -0.25) is 4.79 Å². The summed E-state index contributed by atoms with van der Waals surface area (Å²) in [6.07, 6.45) is 0.585. The fourth-order valence-corrected chi connectivity index (χ4v) is 3.74. The number of nitrogens with zero attached hydrogens (tertiary/aromatic N) is 1. The van der Waals surface area contributed by atoms with E-state index >= 15 is 0 Å². The van der Waals surface area contributed by atoms with E-state index in [4.69, 9.17) is 28.3 Å². The van der Waals surface area contributed by atoms with Crippen molar-refractivity contribution >= 4 is 44.7 Å². The number of hydrogen-bond acceptors (Lipinski definition) is 3. The van der Waals surface area contributed by atoms with Gasteiger partial charge in [0, 0.05) is 19.2 Å². The average molecular weight is 411 g/mol. The number of hydrogen-bond donors (Lipinski definition) is 1. The van der Waals surface area contributed by atoms with Gasteiger partial charge in [-0.05, 0) is 47.4 Å². The highest BCUT2D eigenvalue weighted by atomic mass is 35.5. The molecule has 136 valence electrons. The van der Waals surface area contributed by atoms with Gasteiger partial charge >= 0.3 is 0 Å². The quantitative estimate of drug-likeness (QED) is 0.787. The number of sulfonamides is 1. The van der Waals surface area contributed by atoms with E-state index in [9.17, 15) is 13.2 Å². The summed E-state index contributed by atoms with van der Waals surface area (Å²) in [6.45, 7) is 0.619. The maximum Gasteiger partial charge on any atom is 0.250 e. The Labute approximate surface area is 162 Å². The third-order valence-corrected chi connectivity index (χ3v) is 5.95. The number of primary sulfonamides is 1. The summed E-state index contributed by atoms with van der Waals surface area (Å²) >= 11 is 12.2. The number of rotatable bonds is 3. The standard InChI is InChI=1S/C18H16Cl2N2O3S/c1-22-9-8-14(18(22)23)17(12-4-7-15(19)16(20)10-12)11-2-5-13(6-3-11)26(21,24)25/h2-7,10H,8-9H2,1H3,(H2,21,24,25)/b17-14-. The Morgan fingerprint density at radius 2 is 1.65 bits per heavy atom. The number of halogens is 2. The molecule has 5 nitrogen and oxygen atoms in total. The van der Waals surface area contributed by atoms with Gasteiger partial charge < -0.3 is 4.90 Å². The molecule has 0 aromatic heterocycles. The van der Waals surface area contributed by atoms with Crippen molar-refractivity contribution < 1.29 is 13.2 Å². The van der Waals surface area contributed by atoms with Gasteiger partial charge in [0.2, 0.25) is 15.9 Å². The van der Waals surface area contributed by atoms with Crippen LogP contribution in [-0.2, 0) is 14.8 Å². The van der Waals surface area contributed by atoms with Gasteiger partial charge in [-0.25, -0.2) is 13.6 Å². The van der Waals surface area contributed by atoms with Crippen molar-refractivity contribution in [2.75, 3.05) is 13.6 Å². The van der Waals surface area contributed by atoms with Gasteiger partial charge in [0.05, 0.1) is 14.9 Å². The summed E-state index contributed by atoms with van der Waals surface area (Å²) in [5.41, 5.74) is 2.80. The monoisotopic (exact) mass is 410 g/mol. The van der Waals surface area contributed by atoms with Crippen molar-refractivity contribution in [2.45, 2.75) is 11.3 Å². The van der Waals surface area contributed by atoms with Crippen molar-refractivity contribution in [3.05, 3.63) is 69.2 Å². The van der Waals surface area contributed by atoms with Crippen LogP contribution in [0.1, 0.15) is 17.5 Å². The lowest BCUT2D eigenvalue weighted by Gasteiger charge is -2.14. The van der Waals surface area contributed by atoms with Gasteiger partial charge in [-0.2, -0.15) is 0 Å². The maximum absolute atomic E-state index is 12.6. The Bertz CT molecular complexity index is 1020. The van der Waals surface area contributed by atoms with Crippen molar-refractivity contribution in [1.29, 1.82) is 0 Å². The van der Waals surface area contributed by atoms with Gasteiger partial charge in [-0.15, -0.1) is 0 Å². The third kappa shape index (κ3) is 3.64. The number of carbonyl (C=O) groups is 1. The smallest absolute Gasteiger partial charge is 0.250 e. The fourth-order valence-electron chi connectivity index (χ4n) is 2.93. The molecule has 1 saturated heterocycles. The number of likely N-dealkylation sites (tertiary alicyclic amines) is 1. The Morgan fingerprint density at radius 1 is 1.04 bits per heavy atom. The maximum atomic E-state index is 12.6. The van der Waals surface area contributed by atoms with Gasteiger partial charge in [0.1, 0.15) is 0 Å². The van der Waals surface area contributed by atoms with Crippen LogP contribution in [0.2, 0.25) is 10.0 Å². The number of amides is 1. The third-order valence-electron chi connectivity index (χ3n) is 4.28. The minimum absolute atomic E-state index is 0.00889. The van der Waals surface area contributed by atoms with Crippen LogP contribution in [-0.4, -0.2) is 32.8 Å². The van der Waals surface area contributed by atoms with Gasteiger partial charge in [-0.1, -0.05) is 41.4 Å². The Hall–Kier alpha value is -1.86. The largest absolute Gasteiger partial charge is 0.342 e. The molecular formula is C18H16Cl2N2O3S. The second kappa shape index (κ2) is 7.04. The van der Waals surface area contributed by atoms with Crippen LogP contribution in [0.5, 0.6) is 0 Å². The molecule has 2 aromatic carbocycles. The van der Waals surface area contributed by atoms with E-state index in [2.05, 4.69) is 0 Å². The van der Waals surface area contributed by atoms with Crippen molar-refractivity contribution in [2.24, 2.45) is 5.14 Å². The number of carbonyl (C=O) groups excluding carboxylic acids is 1. The molecular weight excluding hydrogens is 395 g/mol. The van der Waals surface area contributed by atoms with E-state index in [1.165, 1.54) is 12.1 Å². The van der Waals surface area contributed by atoms with Crippen LogP contribution >= 0.6 is 23.2 Å². The second-order valence-electron chi connectivity index (χ2n) is 6.03. The predicted molar refractivity (Wildman–Crippen MR) is 103 cm³/mol. The molecule has 0 radical (unpaired) electrons. The zero-order valence-electron chi connectivity index (χ0n) is 13.9. The fraction of sp³-hybridized carbons (Fsp3) is 0.167. The van der Waals surface area contributed by atoms with Crippen LogP contribution < -0.4 is 5.14 Å². The SMILES string of the molecule is CN1CC/C(=C(\c2ccc(S(N)(=O)=O)cc2)c2ccc(Cl)c(Cl)c2)C1=O. The lowest BCUT2D eigenvalue weighted by Crippen LogP contribution is -2.19. The molecule has 1 amide bonds. The number of nitrogens with two attached hydrogens (primary N) is 1. The molecule has 26 heavy (non-hydrogen) atoms. The van der Waals surface area contributed by atoms with E-state index in [0.29, 0.717) is 39.7 Å². The lowest BCUT2D eigenvalue weighted by atomic mass is 9.92. The Kier molecular flexibility index (Phi) is 5.12. The first-order chi connectivity index (χ1) is 12.2. The first-order valence-electron chi connectivity index (χ1n) is 7.76. The summed E-state index contributed by atoms with van der Waals surface area (Å²) in [6, 6.07) is 11.3. The minimum atomic E-state index is -3.79. The number of likely N-dealkylation sites (N-methyl/N-ethyl adjacent to an activating group) is 1. The first-order valence-corrected chi connectivity index (χ1v) is 10.1. The highest BCUT2D eigenvalue weighted by Gasteiger charge is 2.27. The van der Waals surface area contributed by atoms with Gasteiger partial charge in [0.25, 0.3) is 0 Å². The van der Waals surface area contributed by atoms with Crippen molar-refractivity contribution in [3.8, 4) is 0 Å². The normalized spacial score (nSPS) is 16.9. The molecule has 1 heterocycles. The van der Waals surface area contributed by atoms with E-state index in [1.807, 2.05) is 0 Å². The van der Waals surface area contributed by atoms with E-state index < -0.39 is 10.0 Å². The summed E-state index contributed by atoms with van der Waals surface area (Å²) in [7, 11) is -2.05. The molecule has 8 heteroatoms. The van der Waals surface area contributed by atoms with E-state index in [-0.39, 0.29) is 10.8 Å². The second-order valence-corrected chi connectivity index (χ2v) is 8.40. The molecule has 1 aliphatic heterocycles. The Morgan fingerprint density at radius 3 is 2.15 bits per heavy atom. The summed E-state index contributed by atoms with van der Waals surface area (Å²) in [4.78, 5) is 14.2. The molecule has 0 atom stereocenters. The molecule has 0 unspecified atom stereocenters. The highest BCUT2D eigenvalue weighted by molar-refractivity contribution is 7.89. The van der Waals surface area contributed by atoms with Crippen molar-refractivity contribution in [3.63, 3.8) is 0 Å². The molecule has 0 spiro atoms. The lowest BCUT2D eigenvalue weighted by molar-refractivity contribution is -0.123. The summed E-state index contributed by atoms with van der Waals surface area (Å²) < 4.78 is 23.0. The number of benzene rings is 2. The van der Waals surface area contributed by atoms with E-state index in [0.717, 1.165) is 5.56 Å². The topological polar surface area (TPSA) is 80.5 Å². The molecule has 0 aliphatic carbocycles. The zero-order valence-corrected chi connectivity index (χ0v) is 16.2. The highest BCUT2D eigenvalue weighted by Crippen LogP contribution is 2.35. The molecule has 3 rings (SSSR count). The zero-order chi connectivity index (χ0) is 19.1. The molecule has 1 aliphatic rings. The van der Waals surface area contributed by atoms with Crippen molar-refractivity contribution in [1.82, 2.24) is 4.90 Å². The van der Waals surface area contributed by atoms with Crippen LogP contribution in [0.3, 0.4) is 0 Å². The minimum Gasteiger partial charge on any atom is -0.342 e. The van der Waals surface area contributed by atoms with Crippen LogP contribution in [0.4, 0.5) is 0 Å². The molecule has 0 saturated carbocycles. The Balaban J connectivity index is 2.20. The summed E-state index contributed by atoms with van der Waals surface area (Å²) in [5, 5.41) is 5.95. The van der Waals surface area contributed by atoms with Crippen LogP contribution in [0.15, 0.2) is 52.9 Å². The molecule has 1 fully saturated rings. The van der Waals surface area contributed by atoms with Crippen LogP contribution in [0, 0.1) is 0 Å². The first kappa shape index (κ1) is 18.9. The predicted octanol–water partition coefficient (Wildman–Crippen LogP) is 3.30. The summed E-state index contributed by atoms with van der Waals surface area (Å²) in [5.74, 6) is -0.0680. The van der Waals surface area contributed by atoms with Gasteiger partial charge in [0.15, 0.2) is 0 Å². The van der Waals surface area contributed by atoms with E-state index in [1.54, 1.807) is 42.3 Å². The molecule has 2 N–H and O–H groups in total.